The second kappa shape index (κ2) is 5.02. The molecule has 1 N–H and O–H groups in total. The van der Waals surface area contributed by atoms with Crippen molar-refractivity contribution in [1.29, 1.82) is 0 Å². The van der Waals surface area contributed by atoms with E-state index in [4.69, 9.17) is 4.74 Å². The maximum atomic E-state index is 12.3. The summed E-state index contributed by atoms with van der Waals surface area (Å²) in [7, 11) is 0. The van der Waals surface area contributed by atoms with Gasteiger partial charge in [-0.1, -0.05) is 25.0 Å². The quantitative estimate of drug-likeness (QED) is 0.909. The van der Waals surface area contributed by atoms with Crippen LogP contribution in [-0.4, -0.2) is 30.7 Å². The number of amides is 1. The number of carbonyl (C=O) groups excluding carboxylic acids is 1. The number of nitrogens with zero attached hydrogens (tertiary/aromatic N) is 1. The highest BCUT2D eigenvalue weighted by molar-refractivity contribution is 6.02. The van der Waals surface area contributed by atoms with E-state index in [0.717, 1.165) is 17.8 Å². The largest absolute Gasteiger partial charge is 0.374 e. The van der Waals surface area contributed by atoms with E-state index in [1.807, 2.05) is 29.2 Å². The zero-order valence-corrected chi connectivity index (χ0v) is 12.3. The Hall–Kier alpha value is -1.55. The van der Waals surface area contributed by atoms with Crippen LogP contribution < -0.4 is 10.2 Å². The smallest absolute Gasteiger partial charge is 0.246 e. The van der Waals surface area contributed by atoms with Gasteiger partial charge in [0, 0.05) is 0 Å². The summed E-state index contributed by atoms with van der Waals surface area (Å²) in [5, 5.41) is 3.18. The van der Waals surface area contributed by atoms with E-state index in [0.29, 0.717) is 13.1 Å². The van der Waals surface area contributed by atoms with Crippen LogP contribution in [0.25, 0.3) is 0 Å². The normalized spacial score (nSPS) is 27.0. The van der Waals surface area contributed by atoms with Crippen LogP contribution in [0.1, 0.15) is 38.5 Å². The summed E-state index contributed by atoms with van der Waals surface area (Å²) < 4.78 is 6.36. The minimum Gasteiger partial charge on any atom is -0.374 e. The molecule has 2 heterocycles. The zero-order valence-electron chi connectivity index (χ0n) is 12.3. The van der Waals surface area contributed by atoms with E-state index in [9.17, 15) is 4.79 Å². The molecule has 4 heteroatoms. The third-order valence-electron chi connectivity index (χ3n) is 5.17. The number of hydrogen-bond donors (Lipinski definition) is 1. The minimum absolute atomic E-state index is 0.140. The Kier molecular flexibility index (Phi) is 3.14. The van der Waals surface area contributed by atoms with Crippen molar-refractivity contribution in [2.24, 2.45) is 0 Å². The molecule has 21 heavy (non-hydrogen) atoms. The first-order valence-corrected chi connectivity index (χ1v) is 8.07. The van der Waals surface area contributed by atoms with Crippen molar-refractivity contribution in [2.75, 3.05) is 23.3 Å². The maximum absolute atomic E-state index is 12.3. The highest BCUT2D eigenvalue weighted by Gasteiger charge is 2.43. The number of rotatable bonds is 2. The Morgan fingerprint density at radius 3 is 2.90 bits per heavy atom. The molecule has 0 radical (unpaired) electrons. The highest BCUT2D eigenvalue weighted by Crippen LogP contribution is 2.44. The van der Waals surface area contributed by atoms with Gasteiger partial charge >= 0.3 is 0 Å². The van der Waals surface area contributed by atoms with E-state index in [2.05, 4.69) is 5.32 Å². The standard InChI is InChI=1S/C17H22N2O2/c20-16-11-18-14-5-1-2-6-15(14)19(16)12-13-7-10-17(21-13)8-3-4-9-17/h1-2,5-6,13,18H,3-4,7-12H2. The van der Waals surface area contributed by atoms with Gasteiger partial charge in [-0.15, -0.1) is 0 Å². The van der Waals surface area contributed by atoms with Crippen molar-refractivity contribution in [1.82, 2.24) is 0 Å². The van der Waals surface area contributed by atoms with Crippen LogP contribution in [0.2, 0.25) is 0 Å². The summed E-state index contributed by atoms with van der Waals surface area (Å²) in [6, 6.07) is 8.03. The lowest BCUT2D eigenvalue weighted by molar-refractivity contribution is -0.118. The van der Waals surface area contributed by atoms with E-state index >= 15 is 0 Å². The Labute approximate surface area is 125 Å². The Balaban J connectivity index is 1.51. The second-order valence-corrected chi connectivity index (χ2v) is 6.54. The molecule has 1 atom stereocenters. The molecule has 4 nitrogen and oxygen atoms in total. The van der Waals surface area contributed by atoms with Gasteiger partial charge in [0.05, 0.1) is 36.2 Å². The van der Waals surface area contributed by atoms with Crippen LogP contribution in [-0.2, 0) is 9.53 Å². The number of ether oxygens (including phenoxy) is 1. The number of nitrogens with one attached hydrogen (secondary N) is 1. The predicted octanol–water partition coefficient (Wildman–Crippen LogP) is 2.94. The topological polar surface area (TPSA) is 41.6 Å². The molecule has 0 aromatic heterocycles. The second-order valence-electron chi connectivity index (χ2n) is 6.54. The molecule has 112 valence electrons. The lowest BCUT2D eigenvalue weighted by Crippen LogP contribution is -2.44. The highest BCUT2D eigenvalue weighted by atomic mass is 16.5. The van der Waals surface area contributed by atoms with Gasteiger partial charge < -0.3 is 15.0 Å². The number of fused-ring (bicyclic) bond motifs is 1. The van der Waals surface area contributed by atoms with E-state index < -0.39 is 0 Å². The van der Waals surface area contributed by atoms with Crippen molar-refractivity contribution in [3.05, 3.63) is 24.3 Å². The van der Waals surface area contributed by atoms with Crippen molar-refractivity contribution >= 4 is 17.3 Å². The van der Waals surface area contributed by atoms with Crippen LogP contribution in [0.3, 0.4) is 0 Å². The number of hydrogen-bond acceptors (Lipinski definition) is 3. The molecule has 1 aliphatic carbocycles. The molecule has 2 fully saturated rings. The number of anilines is 2. The molecular formula is C17H22N2O2. The molecule has 1 unspecified atom stereocenters. The molecule has 2 aliphatic heterocycles. The maximum Gasteiger partial charge on any atom is 0.246 e. The summed E-state index contributed by atoms with van der Waals surface area (Å²) in [5.41, 5.74) is 2.18. The Morgan fingerprint density at radius 1 is 1.24 bits per heavy atom. The molecule has 1 saturated carbocycles. The molecule has 3 aliphatic rings. The summed E-state index contributed by atoms with van der Waals surface area (Å²) in [5.74, 6) is 0.143. The number of benzene rings is 1. The Bertz CT molecular complexity index is 551. The fraction of sp³-hybridized carbons (Fsp3) is 0.588. The molecule has 1 aromatic carbocycles. The van der Waals surface area contributed by atoms with Crippen molar-refractivity contribution in [2.45, 2.75) is 50.2 Å². The molecule has 1 amide bonds. The van der Waals surface area contributed by atoms with Crippen LogP contribution >= 0.6 is 0 Å². The Morgan fingerprint density at radius 2 is 2.05 bits per heavy atom. The fourth-order valence-electron chi connectivity index (χ4n) is 4.07. The molecule has 0 bridgehead atoms. The van der Waals surface area contributed by atoms with Gasteiger partial charge in [0.15, 0.2) is 0 Å². The minimum atomic E-state index is 0.140. The summed E-state index contributed by atoms with van der Waals surface area (Å²) in [4.78, 5) is 14.2. The van der Waals surface area contributed by atoms with Crippen LogP contribution in [0.5, 0.6) is 0 Å². The fourth-order valence-corrected chi connectivity index (χ4v) is 4.07. The van der Waals surface area contributed by atoms with Crippen molar-refractivity contribution in [3.8, 4) is 0 Å². The van der Waals surface area contributed by atoms with Gasteiger partial charge in [-0.05, 0) is 37.8 Å². The lowest BCUT2D eigenvalue weighted by Gasteiger charge is -2.32. The third-order valence-corrected chi connectivity index (χ3v) is 5.17. The van der Waals surface area contributed by atoms with Crippen molar-refractivity contribution in [3.63, 3.8) is 0 Å². The van der Waals surface area contributed by atoms with Crippen molar-refractivity contribution < 1.29 is 9.53 Å². The SMILES string of the molecule is O=C1CNc2ccccc2N1CC1CCC2(CCCC2)O1. The first-order valence-electron chi connectivity index (χ1n) is 8.07. The molecule has 1 aromatic rings. The monoisotopic (exact) mass is 286 g/mol. The van der Waals surface area contributed by atoms with E-state index in [1.54, 1.807) is 0 Å². The average molecular weight is 286 g/mol. The lowest BCUT2D eigenvalue weighted by atomic mass is 9.98. The van der Waals surface area contributed by atoms with Gasteiger partial charge in [0.2, 0.25) is 5.91 Å². The summed E-state index contributed by atoms with van der Waals surface area (Å²) in [6.45, 7) is 1.08. The molecular weight excluding hydrogens is 264 g/mol. The zero-order chi connectivity index (χ0) is 14.3. The van der Waals surface area contributed by atoms with E-state index in [-0.39, 0.29) is 17.6 Å². The van der Waals surface area contributed by atoms with Gasteiger partial charge in [0.1, 0.15) is 0 Å². The molecule has 1 spiro atoms. The summed E-state index contributed by atoms with van der Waals surface area (Å²) in [6.07, 6.45) is 7.44. The molecule has 4 rings (SSSR count). The third kappa shape index (κ3) is 2.31. The van der Waals surface area contributed by atoms with Crippen LogP contribution in [0, 0.1) is 0 Å². The van der Waals surface area contributed by atoms with Gasteiger partial charge in [-0.2, -0.15) is 0 Å². The first kappa shape index (κ1) is 13.1. The number of carbonyl (C=O) groups is 1. The van der Waals surface area contributed by atoms with Gasteiger partial charge in [-0.25, -0.2) is 0 Å². The molecule has 1 saturated heterocycles. The summed E-state index contributed by atoms with van der Waals surface area (Å²) >= 11 is 0. The average Bonchev–Trinajstić information content (AvgIpc) is 3.13. The van der Waals surface area contributed by atoms with Gasteiger partial charge in [0.25, 0.3) is 0 Å². The predicted molar refractivity (Wildman–Crippen MR) is 82.6 cm³/mol. The van der Waals surface area contributed by atoms with Crippen LogP contribution in [0.4, 0.5) is 11.4 Å². The number of para-hydroxylation sites is 2. The van der Waals surface area contributed by atoms with Gasteiger partial charge in [-0.3, -0.25) is 4.79 Å². The van der Waals surface area contributed by atoms with Crippen LogP contribution in [0.15, 0.2) is 24.3 Å². The van der Waals surface area contributed by atoms with E-state index in [1.165, 1.54) is 32.1 Å². The first-order chi connectivity index (χ1) is 10.3.